The molecule has 3 heteroatoms. The second-order valence-corrected chi connectivity index (χ2v) is 3.22. The van der Waals surface area contributed by atoms with E-state index in [9.17, 15) is 0 Å². The number of ether oxygens (including phenoxy) is 2. The van der Waals surface area contributed by atoms with Gasteiger partial charge in [0.15, 0.2) is 6.29 Å². The summed E-state index contributed by atoms with van der Waals surface area (Å²) in [6, 6.07) is 0. The minimum absolute atomic E-state index is 0.0758. The van der Waals surface area contributed by atoms with Gasteiger partial charge in [-0.05, 0) is 19.3 Å². The molecule has 76 valence electrons. The molecule has 1 aliphatic heterocycles. The number of rotatable bonds is 5. The molecule has 1 aliphatic rings. The molecular formula is C10H18O3. The molecule has 0 aromatic rings. The maximum absolute atomic E-state index is 8.73. The molecule has 0 aliphatic carbocycles. The quantitative estimate of drug-likeness (QED) is 0.661. The van der Waals surface area contributed by atoms with Crippen LogP contribution in [0.2, 0.25) is 0 Å². The molecule has 2 unspecified atom stereocenters. The van der Waals surface area contributed by atoms with Crippen molar-refractivity contribution in [3.8, 4) is 0 Å². The van der Waals surface area contributed by atoms with E-state index in [1.807, 2.05) is 0 Å². The molecule has 1 heterocycles. The Morgan fingerprint density at radius 1 is 1.62 bits per heavy atom. The van der Waals surface area contributed by atoms with Crippen molar-refractivity contribution in [2.45, 2.75) is 38.1 Å². The number of aliphatic hydroxyl groups is 1. The summed E-state index contributed by atoms with van der Waals surface area (Å²) in [4.78, 5) is 0. The van der Waals surface area contributed by atoms with Gasteiger partial charge in [-0.1, -0.05) is 6.08 Å². The van der Waals surface area contributed by atoms with E-state index in [0.717, 1.165) is 25.9 Å². The van der Waals surface area contributed by atoms with Crippen molar-refractivity contribution in [1.82, 2.24) is 0 Å². The standard InChI is InChI=1S/C10H18O3/c1-2-9(6-7-11)13-10-5-3-4-8-12-10/h2,9-11H,1,3-8H2. The molecule has 0 radical (unpaired) electrons. The van der Waals surface area contributed by atoms with Crippen LogP contribution in [0.1, 0.15) is 25.7 Å². The lowest BCUT2D eigenvalue weighted by atomic mass is 10.2. The van der Waals surface area contributed by atoms with Crippen molar-refractivity contribution in [2.75, 3.05) is 13.2 Å². The minimum Gasteiger partial charge on any atom is -0.396 e. The Bertz CT molecular complexity index is 141. The third-order valence-electron chi connectivity index (χ3n) is 2.14. The first kappa shape index (κ1) is 10.7. The van der Waals surface area contributed by atoms with Crippen molar-refractivity contribution in [1.29, 1.82) is 0 Å². The van der Waals surface area contributed by atoms with Crippen molar-refractivity contribution >= 4 is 0 Å². The summed E-state index contributed by atoms with van der Waals surface area (Å²) in [7, 11) is 0. The number of hydrogen-bond acceptors (Lipinski definition) is 3. The van der Waals surface area contributed by atoms with Crippen LogP contribution in [0.5, 0.6) is 0 Å². The second-order valence-electron chi connectivity index (χ2n) is 3.22. The highest BCUT2D eigenvalue weighted by atomic mass is 16.7. The van der Waals surface area contributed by atoms with Crippen molar-refractivity contribution in [3.63, 3.8) is 0 Å². The van der Waals surface area contributed by atoms with Crippen LogP contribution in [0.25, 0.3) is 0 Å². The first-order chi connectivity index (χ1) is 6.36. The Labute approximate surface area is 79.3 Å². The molecule has 0 amide bonds. The van der Waals surface area contributed by atoms with Crippen LogP contribution in [-0.2, 0) is 9.47 Å². The summed E-state index contributed by atoms with van der Waals surface area (Å²) >= 11 is 0. The summed E-state index contributed by atoms with van der Waals surface area (Å²) < 4.78 is 11.0. The Balaban J connectivity index is 2.22. The fraction of sp³-hybridized carbons (Fsp3) is 0.800. The van der Waals surface area contributed by atoms with Gasteiger partial charge < -0.3 is 14.6 Å². The molecule has 1 rings (SSSR count). The van der Waals surface area contributed by atoms with E-state index < -0.39 is 0 Å². The maximum atomic E-state index is 8.73. The van der Waals surface area contributed by atoms with Gasteiger partial charge in [-0.2, -0.15) is 0 Å². The van der Waals surface area contributed by atoms with Crippen LogP contribution in [-0.4, -0.2) is 30.7 Å². The maximum Gasteiger partial charge on any atom is 0.158 e. The zero-order valence-corrected chi connectivity index (χ0v) is 7.95. The van der Waals surface area contributed by atoms with Gasteiger partial charge in [0, 0.05) is 19.6 Å². The molecule has 1 N–H and O–H groups in total. The van der Waals surface area contributed by atoms with Gasteiger partial charge in [-0.15, -0.1) is 6.58 Å². The SMILES string of the molecule is C=CC(CCO)OC1CCCCO1. The van der Waals surface area contributed by atoms with E-state index in [1.165, 1.54) is 0 Å². The second kappa shape index (κ2) is 6.13. The molecule has 1 fully saturated rings. The monoisotopic (exact) mass is 186 g/mol. The van der Waals surface area contributed by atoms with E-state index in [1.54, 1.807) is 6.08 Å². The Morgan fingerprint density at radius 2 is 2.46 bits per heavy atom. The van der Waals surface area contributed by atoms with Crippen molar-refractivity contribution in [3.05, 3.63) is 12.7 Å². The lowest BCUT2D eigenvalue weighted by Crippen LogP contribution is -2.27. The molecule has 13 heavy (non-hydrogen) atoms. The van der Waals surface area contributed by atoms with E-state index in [4.69, 9.17) is 14.6 Å². The van der Waals surface area contributed by atoms with Crippen molar-refractivity contribution < 1.29 is 14.6 Å². The summed E-state index contributed by atoms with van der Waals surface area (Å²) in [5.41, 5.74) is 0. The van der Waals surface area contributed by atoms with Crippen LogP contribution in [0.3, 0.4) is 0 Å². The van der Waals surface area contributed by atoms with E-state index >= 15 is 0 Å². The lowest BCUT2D eigenvalue weighted by Gasteiger charge is -2.26. The van der Waals surface area contributed by atoms with Crippen LogP contribution in [0.4, 0.5) is 0 Å². The summed E-state index contributed by atoms with van der Waals surface area (Å²) in [6.07, 6.45) is 5.39. The highest BCUT2D eigenvalue weighted by Crippen LogP contribution is 2.16. The van der Waals surface area contributed by atoms with Gasteiger partial charge in [0.2, 0.25) is 0 Å². The molecule has 0 bridgehead atoms. The molecular weight excluding hydrogens is 168 g/mol. The Kier molecular flexibility index (Phi) is 5.05. The zero-order valence-electron chi connectivity index (χ0n) is 7.95. The predicted octanol–water partition coefficient (Wildman–Crippen LogP) is 1.47. The van der Waals surface area contributed by atoms with Crippen LogP contribution >= 0.6 is 0 Å². The summed E-state index contributed by atoms with van der Waals surface area (Å²) in [5.74, 6) is 0. The number of hydrogen-bond donors (Lipinski definition) is 1. The molecule has 2 atom stereocenters. The van der Waals surface area contributed by atoms with Crippen LogP contribution in [0.15, 0.2) is 12.7 Å². The molecule has 1 saturated heterocycles. The normalized spacial score (nSPS) is 25.5. The van der Waals surface area contributed by atoms with E-state index in [-0.39, 0.29) is 19.0 Å². The van der Waals surface area contributed by atoms with Crippen molar-refractivity contribution in [2.24, 2.45) is 0 Å². The van der Waals surface area contributed by atoms with E-state index in [0.29, 0.717) is 6.42 Å². The van der Waals surface area contributed by atoms with Gasteiger partial charge in [0.05, 0.1) is 6.10 Å². The smallest absolute Gasteiger partial charge is 0.158 e. The first-order valence-electron chi connectivity index (χ1n) is 4.87. The van der Waals surface area contributed by atoms with Crippen LogP contribution in [0, 0.1) is 0 Å². The Hall–Kier alpha value is -0.380. The molecule has 0 spiro atoms. The van der Waals surface area contributed by atoms with Crippen LogP contribution < -0.4 is 0 Å². The topological polar surface area (TPSA) is 38.7 Å². The largest absolute Gasteiger partial charge is 0.396 e. The van der Waals surface area contributed by atoms with Gasteiger partial charge in [0.1, 0.15) is 0 Å². The lowest BCUT2D eigenvalue weighted by molar-refractivity contribution is -0.180. The van der Waals surface area contributed by atoms with Gasteiger partial charge in [-0.3, -0.25) is 0 Å². The fourth-order valence-electron chi connectivity index (χ4n) is 1.38. The third kappa shape index (κ3) is 3.89. The molecule has 0 aromatic heterocycles. The highest BCUT2D eigenvalue weighted by Gasteiger charge is 2.17. The van der Waals surface area contributed by atoms with Gasteiger partial charge in [-0.25, -0.2) is 0 Å². The predicted molar refractivity (Wildman–Crippen MR) is 50.4 cm³/mol. The Morgan fingerprint density at radius 3 is 3.00 bits per heavy atom. The molecule has 0 aromatic carbocycles. The average Bonchev–Trinajstić information content (AvgIpc) is 2.19. The highest BCUT2D eigenvalue weighted by molar-refractivity contribution is 4.80. The third-order valence-corrected chi connectivity index (χ3v) is 2.14. The average molecular weight is 186 g/mol. The fourth-order valence-corrected chi connectivity index (χ4v) is 1.38. The summed E-state index contributed by atoms with van der Waals surface area (Å²) in [5, 5.41) is 8.73. The zero-order chi connectivity index (χ0) is 9.52. The summed E-state index contributed by atoms with van der Waals surface area (Å²) in [6.45, 7) is 4.57. The number of aliphatic hydroxyl groups excluding tert-OH is 1. The minimum atomic E-state index is -0.0942. The molecule has 0 saturated carbocycles. The van der Waals surface area contributed by atoms with Gasteiger partial charge >= 0.3 is 0 Å². The van der Waals surface area contributed by atoms with E-state index in [2.05, 4.69) is 6.58 Å². The molecule has 3 nitrogen and oxygen atoms in total. The van der Waals surface area contributed by atoms with Gasteiger partial charge in [0.25, 0.3) is 0 Å². The first-order valence-corrected chi connectivity index (χ1v) is 4.87.